The zero-order valence-corrected chi connectivity index (χ0v) is 16.0. The number of carbonyl (C=O) groups is 2. The van der Waals surface area contributed by atoms with Gasteiger partial charge < -0.3 is 20.4 Å². The average Bonchev–Trinajstić information content (AvgIpc) is 3.03. The van der Waals surface area contributed by atoms with Gasteiger partial charge in [-0.05, 0) is 38.3 Å². The van der Waals surface area contributed by atoms with Gasteiger partial charge in [0, 0.05) is 24.1 Å². The highest BCUT2D eigenvalue weighted by atomic mass is 16.5. The number of para-hydroxylation sites is 1. The summed E-state index contributed by atoms with van der Waals surface area (Å²) in [4.78, 5) is 29.7. The Bertz CT molecular complexity index is 767. The minimum absolute atomic E-state index is 0.285. The fourth-order valence-electron chi connectivity index (χ4n) is 2.77. The number of benzene rings is 1. The highest BCUT2D eigenvalue weighted by molar-refractivity contribution is 5.90. The standard InChI is InChI=1S/C20H29N3O3/c1-5-6-11-26-19(25)20(2,3)23(4)18(24)16(21)12-14-13-22-17-10-8-7-9-15(14)17/h7-10,13,16,22H,5-6,11-12,21H2,1-4H3/t16-/m1/s1. The summed E-state index contributed by atoms with van der Waals surface area (Å²) in [5, 5.41) is 1.05. The van der Waals surface area contributed by atoms with Gasteiger partial charge in [-0.1, -0.05) is 31.5 Å². The van der Waals surface area contributed by atoms with Crippen molar-refractivity contribution in [3.8, 4) is 0 Å². The Morgan fingerprint density at radius 3 is 2.69 bits per heavy atom. The third-order valence-electron chi connectivity index (χ3n) is 4.83. The predicted octanol–water partition coefficient (Wildman–Crippen LogP) is 2.62. The molecule has 6 nitrogen and oxygen atoms in total. The van der Waals surface area contributed by atoms with Crippen LogP contribution in [-0.4, -0.2) is 47.0 Å². The molecule has 0 bridgehead atoms. The molecule has 3 N–H and O–H groups in total. The van der Waals surface area contributed by atoms with Crippen LogP contribution in [0.4, 0.5) is 0 Å². The summed E-state index contributed by atoms with van der Waals surface area (Å²) in [6, 6.07) is 7.15. The molecule has 0 aliphatic heterocycles. The summed E-state index contributed by atoms with van der Waals surface area (Å²) in [7, 11) is 1.60. The average molecular weight is 359 g/mol. The number of carbonyl (C=O) groups excluding carboxylic acids is 2. The molecular formula is C20H29N3O3. The maximum absolute atomic E-state index is 12.8. The first kappa shape index (κ1) is 20.0. The molecule has 1 aromatic carbocycles. The molecule has 0 aliphatic carbocycles. The van der Waals surface area contributed by atoms with Gasteiger partial charge in [-0.2, -0.15) is 0 Å². The number of unbranched alkanes of at least 4 members (excludes halogenated alkanes) is 1. The number of nitrogens with zero attached hydrogens (tertiary/aromatic N) is 1. The van der Waals surface area contributed by atoms with Gasteiger partial charge in [0.1, 0.15) is 5.54 Å². The van der Waals surface area contributed by atoms with Crippen molar-refractivity contribution < 1.29 is 14.3 Å². The summed E-state index contributed by atoms with van der Waals surface area (Å²) in [6.45, 7) is 5.75. The van der Waals surface area contributed by atoms with Crippen molar-refractivity contribution in [3.63, 3.8) is 0 Å². The van der Waals surface area contributed by atoms with Gasteiger partial charge in [0.15, 0.2) is 0 Å². The van der Waals surface area contributed by atoms with E-state index < -0.39 is 17.6 Å². The number of hydrogen-bond acceptors (Lipinski definition) is 4. The second kappa shape index (κ2) is 8.36. The quantitative estimate of drug-likeness (QED) is 0.560. The van der Waals surface area contributed by atoms with E-state index in [4.69, 9.17) is 10.5 Å². The fraction of sp³-hybridized carbons (Fsp3) is 0.500. The summed E-state index contributed by atoms with van der Waals surface area (Å²) in [5.74, 6) is -0.700. The largest absolute Gasteiger partial charge is 0.464 e. The molecule has 1 atom stereocenters. The van der Waals surface area contributed by atoms with Gasteiger partial charge in [-0.3, -0.25) is 4.79 Å². The van der Waals surface area contributed by atoms with Crippen molar-refractivity contribution >= 4 is 22.8 Å². The Morgan fingerprint density at radius 2 is 2.00 bits per heavy atom. The third-order valence-corrected chi connectivity index (χ3v) is 4.83. The van der Waals surface area contributed by atoms with Crippen LogP contribution in [0.1, 0.15) is 39.2 Å². The number of H-pyrrole nitrogens is 1. The summed E-state index contributed by atoms with van der Waals surface area (Å²) in [5.41, 5.74) is 7.09. The molecule has 0 saturated heterocycles. The number of amides is 1. The summed E-state index contributed by atoms with van der Waals surface area (Å²) < 4.78 is 5.28. The molecule has 1 aromatic heterocycles. The number of aromatic amines is 1. The Labute approximate surface area is 154 Å². The van der Waals surface area contributed by atoms with E-state index >= 15 is 0 Å². The molecule has 0 unspecified atom stereocenters. The monoisotopic (exact) mass is 359 g/mol. The lowest BCUT2D eigenvalue weighted by Gasteiger charge is -2.34. The molecule has 0 saturated carbocycles. The molecule has 2 aromatic rings. The number of hydrogen-bond donors (Lipinski definition) is 2. The van der Waals surface area contributed by atoms with E-state index in [0.717, 1.165) is 29.3 Å². The van der Waals surface area contributed by atoms with E-state index in [-0.39, 0.29) is 5.91 Å². The fourth-order valence-corrected chi connectivity index (χ4v) is 2.77. The Kier molecular flexibility index (Phi) is 6.42. The number of fused-ring (bicyclic) bond motifs is 1. The van der Waals surface area contributed by atoms with Crippen LogP contribution in [0, 0.1) is 0 Å². The minimum atomic E-state index is -1.07. The van der Waals surface area contributed by atoms with Gasteiger partial charge in [0.25, 0.3) is 0 Å². The van der Waals surface area contributed by atoms with Crippen LogP contribution in [0.25, 0.3) is 10.9 Å². The number of rotatable bonds is 8. The minimum Gasteiger partial charge on any atom is -0.464 e. The van der Waals surface area contributed by atoms with Gasteiger partial charge in [0.05, 0.1) is 12.6 Å². The van der Waals surface area contributed by atoms with Gasteiger partial charge >= 0.3 is 5.97 Å². The summed E-state index contributed by atoms with van der Waals surface area (Å²) >= 11 is 0. The van der Waals surface area contributed by atoms with Crippen LogP contribution in [0.2, 0.25) is 0 Å². The summed E-state index contributed by atoms with van der Waals surface area (Å²) in [6.07, 6.45) is 4.02. The predicted molar refractivity (Wildman–Crippen MR) is 103 cm³/mol. The second-order valence-corrected chi connectivity index (χ2v) is 7.12. The maximum Gasteiger partial charge on any atom is 0.331 e. The molecule has 0 spiro atoms. The van der Waals surface area contributed by atoms with E-state index in [0.29, 0.717) is 13.0 Å². The first-order chi connectivity index (χ1) is 12.3. The lowest BCUT2D eigenvalue weighted by molar-refractivity contribution is -0.161. The zero-order chi connectivity index (χ0) is 19.3. The van der Waals surface area contributed by atoms with Crippen LogP contribution < -0.4 is 5.73 Å². The second-order valence-electron chi connectivity index (χ2n) is 7.12. The van der Waals surface area contributed by atoms with E-state index in [1.54, 1.807) is 20.9 Å². The topological polar surface area (TPSA) is 88.4 Å². The number of nitrogens with one attached hydrogen (secondary N) is 1. The van der Waals surface area contributed by atoms with Crippen LogP contribution >= 0.6 is 0 Å². The molecule has 2 rings (SSSR count). The van der Waals surface area contributed by atoms with Crippen molar-refractivity contribution in [2.45, 2.75) is 51.6 Å². The Morgan fingerprint density at radius 1 is 1.31 bits per heavy atom. The lowest BCUT2D eigenvalue weighted by atomic mass is 10.00. The first-order valence-corrected chi connectivity index (χ1v) is 9.04. The van der Waals surface area contributed by atoms with Crippen molar-refractivity contribution in [1.29, 1.82) is 0 Å². The molecule has 142 valence electrons. The molecule has 1 heterocycles. The number of likely N-dealkylation sites (N-methyl/N-ethyl adjacent to an activating group) is 1. The Hall–Kier alpha value is -2.34. The molecular weight excluding hydrogens is 330 g/mol. The van der Waals surface area contributed by atoms with Gasteiger partial charge in [0.2, 0.25) is 5.91 Å². The third kappa shape index (κ3) is 4.25. The normalized spacial score (nSPS) is 12.8. The van der Waals surface area contributed by atoms with E-state index in [1.165, 1.54) is 4.90 Å². The SMILES string of the molecule is CCCCOC(=O)C(C)(C)N(C)C(=O)[C@H](N)Cc1c[nH]c2ccccc12. The van der Waals surface area contributed by atoms with Crippen LogP contribution in [0.15, 0.2) is 30.5 Å². The van der Waals surface area contributed by atoms with Crippen molar-refractivity contribution in [3.05, 3.63) is 36.0 Å². The van der Waals surface area contributed by atoms with Gasteiger partial charge in [-0.25, -0.2) is 4.79 Å². The smallest absolute Gasteiger partial charge is 0.331 e. The number of ether oxygens (including phenoxy) is 1. The lowest BCUT2D eigenvalue weighted by Crippen LogP contribution is -2.56. The highest BCUT2D eigenvalue weighted by Crippen LogP contribution is 2.21. The van der Waals surface area contributed by atoms with Crippen molar-refractivity contribution in [2.75, 3.05) is 13.7 Å². The number of esters is 1. The van der Waals surface area contributed by atoms with E-state index in [1.807, 2.05) is 37.4 Å². The number of nitrogens with two attached hydrogens (primary N) is 1. The molecule has 0 fully saturated rings. The van der Waals surface area contributed by atoms with Crippen LogP contribution in [0.3, 0.4) is 0 Å². The van der Waals surface area contributed by atoms with E-state index in [2.05, 4.69) is 4.98 Å². The van der Waals surface area contributed by atoms with Crippen molar-refractivity contribution in [1.82, 2.24) is 9.88 Å². The molecule has 0 aliphatic rings. The first-order valence-electron chi connectivity index (χ1n) is 9.04. The maximum atomic E-state index is 12.8. The van der Waals surface area contributed by atoms with E-state index in [9.17, 15) is 9.59 Å². The number of aromatic nitrogens is 1. The highest BCUT2D eigenvalue weighted by Gasteiger charge is 2.38. The van der Waals surface area contributed by atoms with Crippen LogP contribution in [-0.2, 0) is 20.7 Å². The van der Waals surface area contributed by atoms with Crippen molar-refractivity contribution in [2.24, 2.45) is 5.73 Å². The Balaban J connectivity index is 2.05. The zero-order valence-electron chi connectivity index (χ0n) is 16.0. The molecule has 0 radical (unpaired) electrons. The molecule has 6 heteroatoms. The molecule has 1 amide bonds. The molecule has 26 heavy (non-hydrogen) atoms. The van der Waals surface area contributed by atoms with Gasteiger partial charge in [-0.15, -0.1) is 0 Å². The van der Waals surface area contributed by atoms with Crippen LogP contribution in [0.5, 0.6) is 0 Å².